The molecule has 2 N–H and O–H groups in total. The molecule has 1 heterocycles. The average Bonchev–Trinajstić information content (AvgIpc) is 2.71. The first kappa shape index (κ1) is 16.7. The van der Waals surface area contributed by atoms with Crippen LogP contribution in [0.25, 0.3) is 11.0 Å². The minimum Gasteiger partial charge on any atom is -0.390 e. The summed E-state index contributed by atoms with van der Waals surface area (Å²) in [5.74, 6) is 0.139. The fourth-order valence-electron chi connectivity index (χ4n) is 2.87. The molecule has 24 heavy (non-hydrogen) atoms. The van der Waals surface area contributed by atoms with Gasteiger partial charge >= 0.3 is 0 Å². The smallest absolute Gasteiger partial charge is 0.229 e. The van der Waals surface area contributed by atoms with E-state index in [9.17, 15) is 15.2 Å². The van der Waals surface area contributed by atoms with Crippen LogP contribution in [0.15, 0.2) is 12.1 Å². The first-order valence-corrected chi connectivity index (χ1v) is 8.30. The van der Waals surface area contributed by atoms with Crippen LogP contribution >= 0.6 is 11.6 Å². The number of aromatic nitrogens is 2. The van der Waals surface area contributed by atoms with Gasteiger partial charge in [0.05, 0.1) is 33.6 Å². The third-order valence-electron chi connectivity index (χ3n) is 4.18. The zero-order valence-electron chi connectivity index (χ0n) is 13.6. The summed E-state index contributed by atoms with van der Waals surface area (Å²) in [6.45, 7) is 3.17. The van der Waals surface area contributed by atoms with Crippen molar-refractivity contribution in [2.75, 3.05) is 5.32 Å². The Bertz CT molecular complexity index is 841. The Labute approximate surface area is 145 Å². The maximum absolute atomic E-state index is 12.2. The lowest BCUT2D eigenvalue weighted by molar-refractivity contribution is -0.119. The van der Waals surface area contributed by atoms with E-state index in [0.29, 0.717) is 22.1 Å². The summed E-state index contributed by atoms with van der Waals surface area (Å²) in [6.07, 6.45) is 3.11. The summed E-state index contributed by atoms with van der Waals surface area (Å²) in [6, 6.07) is 5.69. The quantitative estimate of drug-likeness (QED) is 0.887. The van der Waals surface area contributed by atoms with Crippen LogP contribution in [-0.2, 0) is 4.79 Å². The van der Waals surface area contributed by atoms with E-state index in [1.165, 1.54) is 0 Å². The average molecular weight is 347 g/mol. The fourth-order valence-corrected chi connectivity index (χ4v) is 3.07. The van der Waals surface area contributed by atoms with Crippen molar-refractivity contribution in [3.05, 3.63) is 22.7 Å². The van der Waals surface area contributed by atoms with Crippen LogP contribution in [0.3, 0.4) is 0 Å². The number of anilines is 1. The van der Waals surface area contributed by atoms with Gasteiger partial charge in [0.25, 0.3) is 0 Å². The molecular formula is C17H19ClN4O2. The Balaban J connectivity index is 2.03. The number of fused-ring (bicyclic) bond motifs is 1. The number of nitrogens with one attached hydrogen (secondary N) is 1. The highest BCUT2D eigenvalue weighted by molar-refractivity contribution is 6.32. The Hall–Kier alpha value is -2.10. The first-order chi connectivity index (χ1) is 11.3. The van der Waals surface area contributed by atoms with Crippen LogP contribution in [0, 0.1) is 11.3 Å². The number of halogens is 1. The first-order valence-electron chi connectivity index (χ1n) is 7.92. The van der Waals surface area contributed by atoms with Gasteiger partial charge in [0, 0.05) is 6.04 Å². The second kappa shape index (κ2) is 6.08. The zero-order valence-corrected chi connectivity index (χ0v) is 14.4. The molecule has 1 saturated carbocycles. The van der Waals surface area contributed by atoms with Crippen LogP contribution < -0.4 is 5.32 Å². The van der Waals surface area contributed by atoms with Crippen molar-refractivity contribution in [1.82, 2.24) is 9.55 Å². The van der Waals surface area contributed by atoms with Crippen LogP contribution in [0.1, 0.15) is 51.1 Å². The number of rotatable bonds is 4. The Morgan fingerprint density at radius 1 is 1.54 bits per heavy atom. The minimum atomic E-state index is -1.09. The van der Waals surface area contributed by atoms with E-state index >= 15 is 0 Å². The lowest BCUT2D eigenvalue weighted by Gasteiger charge is -2.29. The number of carbonyl (C=O) groups excluding carboxylic acids is 1. The van der Waals surface area contributed by atoms with Crippen LogP contribution in [-0.4, -0.2) is 26.2 Å². The Kier molecular flexibility index (Phi) is 4.24. The molecule has 0 atom stereocenters. The number of carbonyl (C=O) groups is 1. The van der Waals surface area contributed by atoms with E-state index in [2.05, 4.69) is 16.4 Å². The van der Waals surface area contributed by atoms with Crippen molar-refractivity contribution in [1.29, 1.82) is 5.26 Å². The van der Waals surface area contributed by atoms with Crippen molar-refractivity contribution in [2.24, 2.45) is 0 Å². The molecule has 1 aliphatic carbocycles. The van der Waals surface area contributed by atoms with Gasteiger partial charge in [-0.25, -0.2) is 4.98 Å². The summed E-state index contributed by atoms with van der Waals surface area (Å²) in [5.41, 5.74) is 0.733. The van der Waals surface area contributed by atoms with Gasteiger partial charge < -0.3 is 9.67 Å². The maximum atomic E-state index is 12.2. The molecule has 0 aliphatic heterocycles. The summed E-state index contributed by atoms with van der Waals surface area (Å²) in [4.78, 5) is 16.7. The number of nitrogens with zero attached hydrogens (tertiary/aromatic N) is 3. The number of benzene rings is 1. The SMILES string of the molecule is CC(C)(O)CC(=O)Nc1nc2cc(Cl)c(C#N)cc2n1C1CCC1. The topological polar surface area (TPSA) is 90.9 Å². The molecule has 6 nitrogen and oxygen atoms in total. The van der Waals surface area contributed by atoms with Gasteiger partial charge in [0.15, 0.2) is 0 Å². The van der Waals surface area contributed by atoms with E-state index < -0.39 is 5.60 Å². The standard InChI is InChI=1S/C17H19ClN4O2/c1-17(2,24)8-15(23)21-16-20-13-7-12(18)10(9-19)6-14(13)22(16)11-4-3-5-11/h6-7,11,24H,3-5,8H2,1-2H3,(H,20,21,23). The fraction of sp³-hybridized carbons (Fsp3) is 0.471. The number of imidazole rings is 1. The van der Waals surface area contributed by atoms with Crippen LogP contribution in [0.4, 0.5) is 5.95 Å². The van der Waals surface area contributed by atoms with Gasteiger partial charge in [-0.1, -0.05) is 11.6 Å². The van der Waals surface area contributed by atoms with Gasteiger partial charge in [0.1, 0.15) is 6.07 Å². The molecular weight excluding hydrogens is 328 g/mol. The number of aliphatic hydroxyl groups is 1. The molecule has 3 rings (SSSR count). The predicted molar refractivity (Wildman–Crippen MR) is 91.9 cm³/mol. The monoisotopic (exact) mass is 346 g/mol. The minimum absolute atomic E-state index is 0.0227. The lowest BCUT2D eigenvalue weighted by atomic mass is 9.92. The molecule has 0 spiro atoms. The molecule has 1 amide bonds. The van der Waals surface area contributed by atoms with Crippen molar-refractivity contribution in [3.8, 4) is 6.07 Å². The van der Waals surface area contributed by atoms with Gasteiger partial charge in [-0.2, -0.15) is 5.26 Å². The summed E-state index contributed by atoms with van der Waals surface area (Å²) in [5, 5.41) is 22.1. The highest BCUT2D eigenvalue weighted by Gasteiger charge is 2.27. The number of nitriles is 1. The third-order valence-corrected chi connectivity index (χ3v) is 4.50. The second-order valence-corrected chi connectivity index (χ2v) is 7.27. The summed E-state index contributed by atoms with van der Waals surface area (Å²) >= 11 is 6.09. The lowest BCUT2D eigenvalue weighted by Crippen LogP contribution is -2.29. The van der Waals surface area contributed by atoms with E-state index in [1.54, 1.807) is 26.0 Å². The summed E-state index contributed by atoms with van der Waals surface area (Å²) < 4.78 is 1.97. The molecule has 2 aromatic rings. The van der Waals surface area contributed by atoms with Crippen molar-refractivity contribution < 1.29 is 9.90 Å². The van der Waals surface area contributed by atoms with E-state index in [0.717, 1.165) is 24.8 Å². The van der Waals surface area contributed by atoms with Crippen molar-refractivity contribution in [2.45, 2.75) is 51.2 Å². The van der Waals surface area contributed by atoms with Crippen LogP contribution in [0.5, 0.6) is 0 Å². The molecule has 0 unspecified atom stereocenters. The third kappa shape index (κ3) is 3.23. The Morgan fingerprint density at radius 2 is 2.25 bits per heavy atom. The van der Waals surface area contributed by atoms with Crippen molar-refractivity contribution in [3.63, 3.8) is 0 Å². The van der Waals surface area contributed by atoms with E-state index in [4.69, 9.17) is 11.6 Å². The predicted octanol–water partition coefficient (Wildman–Crippen LogP) is 3.39. The number of amides is 1. The highest BCUT2D eigenvalue weighted by Crippen LogP contribution is 2.38. The van der Waals surface area contributed by atoms with Crippen molar-refractivity contribution >= 4 is 34.5 Å². The molecule has 1 aliphatic rings. The second-order valence-electron chi connectivity index (χ2n) is 6.86. The van der Waals surface area contributed by atoms with Gasteiger partial charge in [-0.05, 0) is 45.2 Å². The maximum Gasteiger partial charge on any atom is 0.229 e. The number of hydrogen-bond acceptors (Lipinski definition) is 4. The normalized spacial score (nSPS) is 15.1. The molecule has 0 saturated heterocycles. The molecule has 1 aromatic heterocycles. The number of hydrogen-bond donors (Lipinski definition) is 2. The molecule has 126 valence electrons. The Morgan fingerprint density at radius 3 is 2.79 bits per heavy atom. The molecule has 1 fully saturated rings. The molecule has 0 radical (unpaired) electrons. The van der Waals surface area contributed by atoms with E-state index in [1.807, 2.05) is 4.57 Å². The molecule has 0 bridgehead atoms. The largest absolute Gasteiger partial charge is 0.390 e. The molecule has 7 heteroatoms. The zero-order chi connectivity index (χ0) is 17.5. The molecule has 1 aromatic carbocycles. The summed E-state index contributed by atoms with van der Waals surface area (Å²) in [7, 11) is 0. The highest BCUT2D eigenvalue weighted by atomic mass is 35.5. The van der Waals surface area contributed by atoms with Gasteiger partial charge in [0.2, 0.25) is 11.9 Å². The van der Waals surface area contributed by atoms with Crippen LogP contribution in [0.2, 0.25) is 5.02 Å². The van der Waals surface area contributed by atoms with Gasteiger partial charge in [-0.3, -0.25) is 10.1 Å². The van der Waals surface area contributed by atoms with Gasteiger partial charge in [-0.15, -0.1) is 0 Å². The van der Waals surface area contributed by atoms with E-state index in [-0.39, 0.29) is 18.4 Å².